The fourth-order valence-electron chi connectivity index (χ4n) is 2.97. The summed E-state index contributed by atoms with van der Waals surface area (Å²) < 4.78 is 12.0. The van der Waals surface area contributed by atoms with Gasteiger partial charge in [0.15, 0.2) is 17.1 Å². The summed E-state index contributed by atoms with van der Waals surface area (Å²) in [5, 5.41) is 21.5. The first kappa shape index (κ1) is 20.5. The van der Waals surface area contributed by atoms with Gasteiger partial charge in [0.25, 0.3) is 5.69 Å². The number of phenols is 1. The topological polar surface area (TPSA) is 111 Å². The molecule has 0 unspecified atom stereocenters. The summed E-state index contributed by atoms with van der Waals surface area (Å²) in [6.45, 7) is 1.98. The van der Waals surface area contributed by atoms with Crippen LogP contribution < -0.4 is 4.74 Å². The number of hydrogen-bond donors (Lipinski definition) is 1. The number of oxazole rings is 1. The second-order valence-electron chi connectivity index (χ2n) is 6.48. The molecule has 0 bridgehead atoms. The highest BCUT2D eigenvalue weighted by Crippen LogP contribution is 2.35. The summed E-state index contributed by atoms with van der Waals surface area (Å²) in [4.78, 5) is 19.5. The Labute approximate surface area is 185 Å². The zero-order chi connectivity index (χ0) is 22.0. The first-order valence-corrected chi connectivity index (χ1v) is 10.1. The molecule has 0 aliphatic carbocycles. The Balaban J connectivity index is 1.69. The molecule has 0 saturated carbocycles. The number of benzene rings is 3. The van der Waals surface area contributed by atoms with Crippen molar-refractivity contribution in [3.05, 3.63) is 74.7 Å². The van der Waals surface area contributed by atoms with Crippen LogP contribution in [0.3, 0.4) is 0 Å². The van der Waals surface area contributed by atoms with E-state index in [9.17, 15) is 15.2 Å². The predicted octanol–water partition coefficient (Wildman–Crippen LogP) is 6.02. The number of nitro benzene ring substituents is 1. The number of fused-ring (bicyclic) bond motifs is 1. The molecule has 0 radical (unpaired) electrons. The Morgan fingerprint density at radius 1 is 1.26 bits per heavy atom. The smallest absolute Gasteiger partial charge is 0.274 e. The molecule has 0 saturated heterocycles. The summed E-state index contributed by atoms with van der Waals surface area (Å²) in [6.07, 6.45) is 1.35. The zero-order valence-electron chi connectivity index (χ0n) is 16.3. The van der Waals surface area contributed by atoms with Gasteiger partial charge in [-0.3, -0.25) is 15.1 Å². The molecule has 1 heterocycles. The first-order chi connectivity index (χ1) is 15.0. The fourth-order valence-corrected chi connectivity index (χ4v) is 3.43. The third-order valence-corrected chi connectivity index (χ3v) is 5.12. The maximum absolute atomic E-state index is 11.2. The van der Waals surface area contributed by atoms with Gasteiger partial charge in [0.2, 0.25) is 5.89 Å². The standard InChI is InChI=1S/C22H16BrN3O5/c1-2-30-20-11-15(26(28)29)9-13(21(20)27)12-24-14-7-8-19-18(10-14)25-22(31-19)16-5-3-4-6-17(16)23/h3-12,27H,2H2,1H3. The lowest BCUT2D eigenvalue weighted by Gasteiger charge is -2.07. The van der Waals surface area contributed by atoms with Gasteiger partial charge in [-0.1, -0.05) is 12.1 Å². The Bertz CT molecular complexity index is 1320. The highest BCUT2D eigenvalue weighted by Gasteiger charge is 2.16. The molecule has 0 aliphatic rings. The minimum Gasteiger partial charge on any atom is -0.504 e. The Kier molecular flexibility index (Phi) is 5.68. The minimum absolute atomic E-state index is 0.0307. The lowest BCUT2D eigenvalue weighted by molar-refractivity contribution is -0.385. The van der Waals surface area contributed by atoms with E-state index in [-0.39, 0.29) is 29.4 Å². The van der Waals surface area contributed by atoms with Crippen LogP contribution in [0, 0.1) is 10.1 Å². The van der Waals surface area contributed by atoms with Crippen molar-refractivity contribution in [3.8, 4) is 23.0 Å². The molecule has 4 rings (SSSR count). The van der Waals surface area contributed by atoms with Crippen LogP contribution in [0.25, 0.3) is 22.6 Å². The largest absolute Gasteiger partial charge is 0.504 e. The summed E-state index contributed by atoms with van der Waals surface area (Å²) in [5.74, 6) is 0.291. The molecule has 156 valence electrons. The van der Waals surface area contributed by atoms with Crippen LogP contribution >= 0.6 is 15.9 Å². The number of aliphatic imine (C=N–C) groups is 1. The zero-order valence-corrected chi connectivity index (χ0v) is 17.9. The normalized spacial score (nSPS) is 11.3. The number of nitro groups is 1. The molecule has 1 N–H and O–H groups in total. The van der Waals surface area contributed by atoms with E-state index in [1.165, 1.54) is 18.3 Å². The van der Waals surface area contributed by atoms with Crippen LogP contribution in [0.2, 0.25) is 0 Å². The molecule has 0 atom stereocenters. The van der Waals surface area contributed by atoms with E-state index in [1.807, 2.05) is 24.3 Å². The van der Waals surface area contributed by atoms with Crippen LogP contribution in [0.15, 0.2) is 68.5 Å². The van der Waals surface area contributed by atoms with Crippen molar-refractivity contribution in [2.75, 3.05) is 6.61 Å². The van der Waals surface area contributed by atoms with E-state index in [0.717, 1.165) is 10.0 Å². The van der Waals surface area contributed by atoms with E-state index in [2.05, 4.69) is 25.9 Å². The second-order valence-corrected chi connectivity index (χ2v) is 7.34. The molecule has 4 aromatic rings. The predicted molar refractivity (Wildman–Crippen MR) is 120 cm³/mol. The molecule has 9 heteroatoms. The number of nitrogens with zero attached hydrogens (tertiary/aromatic N) is 3. The molecular formula is C22H16BrN3O5. The second kappa shape index (κ2) is 8.57. The highest BCUT2D eigenvalue weighted by atomic mass is 79.9. The number of phenolic OH excluding ortho intramolecular Hbond substituents is 1. The van der Waals surface area contributed by atoms with Crippen LogP contribution in [-0.4, -0.2) is 27.8 Å². The summed E-state index contributed by atoms with van der Waals surface area (Å²) >= 11 is 3.49. The van der Waals surface area contributed by atoms with E-state index >= 15 is 0 Å². The Hall–Kier alpha value is -3.72. The van der Waals surface area contributed by atoms with Gasteiger partial charge in [-0.15, -0.1) is 0 Å². The van der Waals surface area contributed by atoms with Gasteiger partial charge in [-0.25, -0.2) is 4.98 Å². The number of aromatic hydroxyl groups is 1. The van der Waals surface area contributed by atoms with E-state index in [1.54, 1.807) is 25.1 Å². The van der Waals surface area contributed by atoms with Crippen molar-refractivity contribution in [2.24, 2.45) is 4.99 Å². The summed E-state index contributed by atoms with van der Waals surface area (Å²) in [7, 11) is 0. The third-order valence-electron chi connectivity index (χ3n) is 4.43. The third kappa shape index (κ3) is 4.26. The molecule has 1 aromatic heterocycles. The van der Waals surface area contributed by atoms with E-state index in [4.69, 9.17) is 9.15 Å². The van der Waals surface area contributed by atoms with E-state index in [0.29, 0.717) is 22.7 Å². The Morgan fingerprint density at radius 2 is 2.06 bits per heavy atom. The van der Waals surface area contributed by atoms with Crippen LogP contribution in [-0.2, 0) is 0 Å². The van der Waals surface area contributed by atoms with Gasteiger partial charge in [0.1, 0.15) is 5.52 Å². The monoisotopic (exact) mass is 481 g/mol. The number of non-ortho nitro benzene ring substituents is 1. The maximum atomic E-state index is 11.2. The van der Waals surface area contributed by atoms with Crippen molar-refractivity contribution < 1.29 is 19.2 Å². The number of halogens is 1. The molecular weight excluding hydrogens is 466 g/mol. The maximum Gasteiger partial charge on any atom is 0.274 e. The molecule has 0 spiro atoms. The molecule has 0 aliphatic heterocycles. The molecule has 8 nitrogen and oxygen atoms in total. The van der Waals surface area contributed by atoms with Crippen molar-refractivity contribution in [1.82, 2.24) is 4.98 Å². The van der Waals surface area contributed by atoms with Crippen molar-refractivity contribution in [2.45, 2.75) is 6.92 Å². The minimum atomic E-state index is -0.552. The van der Waals surface area contributed by atoms with Gasteiger partial charge in [0.05, 0.1) is 28.8 Å². The lowest BCUT2D eigenvalue weighted by atomic mass is 10.1. The van der Waals surface area contributed by atoms with Crippen molar-refractivity contribution in [1.29, 1.82) is 0 Å². The molecule has 3 aromatic carbocycles. The van der Waals surface area contributed by atoms with Crippen LogP contribution in [0.4, 0.5) is 11.4 Å². The number of hydrogen-bond acceptors (Lipinski definition) is 7. The molecule has 31 heavy (non-hydrogen) atoms. The Morgan fingerprint density at radius 3 is 2.81 bits per heavy atom. The van der Waals surface area contributed by atoms with Gasteiger partial charge in [0, 0.05) is 22.3 Å². The van der Waals surface area contributed by atoms with Crippen LogP contribution in [0.5, 0.6) is 11.5 Å². The van der Waals surface area contributed by atoms with Gasteiger partial charge in [-0.05, 0) is 53.2 Å². The molecule has 0 amide bonds. The van der Waals surface area contributed by atoms with Crippen molar-refractivity contribution in [3.63, 3.8) is 0 Å². The fraction of sp³-hybridized carbons (Fsp3) is 0.0909. The van der Waals surface area contributed by atoms with Gasteiger partial charge < -0.3 is 14.3 Å². The first-order valence-electron chi connectivity index (χ1n) is 9.30. The van der Waals surface area contributed by atoms with E-state index < -0.39 is 4.92 Å². The van der Waals surface area contributed by atoms with Gasteiger partial charge >= 0.3 is 0 Å². The van der Waals surface area contributed by atoms with Crippen molar-refractivity contribution >= 4 is 44.6 Å². The van der Waals surface area contributed by atoms with Crippen LogP contribution in [0.1, 0.15) is 12.5 Å². The number of aromatic nitrogens is 1. The average molecular weight is 482 g/mol. The summed E-state index contributed by atoms with van der Waals surface area (Å²) in [6, 6.07) is 15.2. The summed E-state index contributed by atoms with van der Waals surface area (Å²) in [5.41, 5.74) is 2.55. The average Bonchev–Trinajstić information content (AvgIpc) is 3.17. The number of ether oxygens (including phenoxy) is 1. The number of rotatable bonds is 6. The molecule has 0 fully saturated rings. The lowest BCUT2D eigenvalue weighted by Crippen LogP contribution is -1.97. The van der Waals surface area contributed by atoms with Gasteiger partial charge in [-0.2, -0.15) is 0 Å². The highest BCUT2D eigenvalue weighted by molar-refractivity contribution is 9.10. The quantitative estimate of drug-likeness (QED) is 0.204. The SMILES string of the molecule is CCOc1cc([N+](=O)[O-])cc(C=Nc2ccc3oc(-c4ccccc4Br)nc3c2)c1O.